The smallest absolute Gasteiger partial charge is 0.268 e. The fourth-order valence-electron chi connectivity index (χ4n) is 6.98. The van der Waals surface area contributed by atoms with Gasteiger partial charge >= 0.3 is 0 Å². The Bertz CT molecular complexity index is 911. The maximum absolute atomic E-state index is 12.8. The monoisotopic (exact) mass is 801 g/mol. The van der Waals surface area contributed by atoms with E-state index in [0.29, 0.717) is 17.4 Å². The van der Waals surface area contributed by atoms with Gasteiger partial charge in [-0.2, -0.15) is 0 Å². The molecule has 55 heavy (non-hydrogen) atoms. The predicted octanol–water partition coefficient (Wildman–Crippen LogP) is 12.5. The lowest BCUT2D eigenvalue weighted by molar-refractivity contribution is -0.870. The third-order valence-electron chi connectivity index (χ3n) is 10.7. The first-order valence-electron chi connectivity index (χ1n) is 23.6. The molecule has 0 saturated heterocycles. The summed E-state index contributed by atoms with van der Waals surface area (Å²) < 4.78 is 23.2. The highest BCUT2D eigenvalue weighted by Gasteiger charge is 2.23. The fraction of sp³-hybridized carbons (Fsp3) is 0.935. The van der Waals surface area contributed by atoms with Gasteiger partial charge in [-0.3, -0.25) is 9.36 Å². The minimum Gasteiger partial charge on any atom is -0.756 e. The van der Waals surface area contributed by atoms with Crippen molar-refractivity contribution < 1.29 is 32.9 Å². The molecule has 0 aromatic carbocycles. The van der Waals surface area contributed by atoms with Gasteiger partial charge in [-0.25, -0.2) is 0 Å². The van der Waals surface area contributed by atoms with Gasteiger partial charge in [0.25, 0.3) is 7.82 Å². The van der Waals surface area contributed by atoms with Gasteiger partial charge in [0.1, 0.15) is 13.2 Å². The summed E-state index contributed by atoms with van der Waals surface area (Å²) in [6, 6.07) is -0.879. The van der Waals surface area contributed by atoms with E-state index in [1.807, 2.05) is 27.2 Å². The number of nitrogens with zero attached hydrogens (tertiary/aromatic N) is 1. The van der Waals surface area contributed by atoms with Crippen molar-refractivity contribution in [2.24, 2.45) is 0 Å². The van der Waals surface area contributed by atoms with E-state index in [1.54, 1.807) is 6.08 Å². The number of likely N-dealkylation sites (N-methyl/N-ethyl adjacent to an activating group) is 1. The van der Waals surface area contributed by atoms with Crippen LogP contribution < -0.4 is 10.2 Å². The van der Waals surface area contributed by atoms with Crippen molar-refractivity contribution in [1.29, 1.82) is 0 Å². The number of nitrogens with one attached hydrogen (secondary N) is 1. The molecule has 2 N–H and O–H groups in total. The third kappa shape index (κ3) is 41.2. The zero-order valence-electron chi connectivity index (χ0n) is 37.1. The molecule has 0 heterocycles. The Labute approximate surface area is 342 Å². The first-order chi connectivity index (χ1) is 26.5. The zero-order valence-corrected chi connectivity index (χ0v) is 38.0. The molecule has 0 aliphatic carbocycles. The average molecular weight is 801 g/mol. The van der Waals surface area contributed by atoms with E-state index < -0.39 is 20.0 Å². The van der Waals surface area contributed by atoms with Gasteiger partial charge in [0, 0.05) is 6.42 Å². The Kier molecular flexibility index (Phi) is 38.2. The zero-order chi connectivity index (χ0) is 40.7. The second kappa shape index (κ2) is 38.7. The van der Waals surface area contributed by atoms with Gasteiger partial charge < -0.3 is 28.8 Å². The van der Waals surface area contributed by atoms with Crippen LogP contribution in [0.3, 0.4) is 0 Å². The normalized spacial score (nSPS) is 14.4. The van der Waals surface area contributed by atoms with Gasteiger partial charge in [0.15, 0.2) is 0 Å². The SMILES string of the molecule is CCCCCCCCCCCCCCCCCCCC/C=C/C(O)C(COP(=O)([O-])OCC[N+](C)(C)C)NC(=O)CCCCCCCCCCCCCCC. The summed E-state index contributed by atoms with van der Waals surface area (Å²) in [4.78, 5) is 25.3. The number of carbonyl (C=O) groups excluding carboxylic acids is 1. The number of hydrogen-bond acceptors (Lipinski definition) is 6. The fourth-order valence-corrected chi connectivity index (χ4v) is 7.70. The van der Waals surface area contributed by atoms with Crippen LogP contribution >= 0.6 is 7.82 Å². The Morgan fingerprint density at radius 2 is 0.982 bits per heavy atom. The first kappa shape index (κ1) is 54.2. The van der Waals surface area contributed by atoms with Crippen LogP contribution in [0.2, 0.25) is 0 Å². The van der Waals surface area contributed by atoms with Crippen LogP contribution in [0.15, 0.2) is 12.2 Å². The largest absolute Gasteiger partial charge is 0.756 e. The Balaban J connectivity index is 4.33. The molecule has 0 aliphatic rings. The molecule has 0 fully saturated rings. The van der Waals surface area contributed by atoms with Crippen LogP contribution in [-0.4, -0.2) is 68.5 Å². The molecule has 0 bridgehead atoms. The molecule has 0 aromatic heterocycles. The number of aliphatic hydroxyl groups is 1. The number of quaternary nitrogens is 1. The molecular formula is C46H93N2O6P. The molecule has 328 valence electrons. The average Bonchev–Trinajstić information content (AvgIpc) is 3.13. The summed E-state index contributed by atoms with van der Waals surface area (Å²) in [5.41, 5.74) is 0. The molecule has 1 amide bonds. The molecule has 0 saturated carbocycles. The molecule has 8 nitrogen and oxygen atoms in total. The van der Waals surface area contributed by atoms with E-state index in [0.717, 1.165) is 38.5 Å². The van der Waals surface area contributed by atoms with Crippen LogP contribution in [0.4, 0.5) is 0 Å². The van der Waals surface area contributed by atoms with E-state index in [1.165, 1.54) is 167 Å². The van der Waals surface area contributed by atoms with Gasteiger partial charge in [-0.1, -0.05) is 212 Å². The number of hydrogen-bond donors (Lipinski definition) is 2. The van der Waals surface area contributed by atoms with E-state index in [4.69, 9.17) is 9.05 Å². The molecular weight excluding hydrogens is 707 g/mol. The van der Waals surface area contributed by atoms with Crippen LogP contribution in [-0.2, 0) is 18.4 Å². The second-order valence-electron chi connectivity index (χ2n) is 17.5. The highest BCUT2D eigenvalue weighted by molar-refractivity contribution is 7.45. The molecule has 0 rings (SSSR count). The summed E-state index contributed by atoms with van der Waals surface area (Å²) in [5, 5.41) is 13.8. The van der Waals surface area contributed by atoms with Crippen molar-refractivity contribution in [2.45, 2.75) is 238 Å². The lowest BCUT2D eigenvalue weighted by Gasteiger charge is -2.29. The number of amides is 1. The highest BCUT2D eigenvalue weighted by Crippen LogP contribution is 2.38. The lowest BCUT2D eigenvalue weighted by atomic mass is 10.0. The van der Waals surface area contributed by atoms with Gasteiger partial charge in [0.05, 0.1) is 39.9 Å². The van der Waals surface area contributed by atoms with E-state index in [9.17, 15) is 19.4 Å². The van der Waals surface area contributed by atoms with Crippen LogP contribution in [0, 0.1) is 0 Å². The number of allylic oxidation sites excluding steroid dienone is 1. The van der Waals surface area contributed by atoms with Crippen LogP contribution in [0.25, 0.3) is 0 Å². The minimum absolute atomic E-state index is 0.00219. The number of unbranched alkanes of at least 4 members (excludes halogenated alkanes) is 30. The molecule has 0 aliphatic heterocycles. The van der Waals surface area contributed by atoms with Crippen molar-refractivity contribution in [3.63, 3.8) is 0 Å². The Morgan fingerprint density at radius 3 is 1.36 bits per heavy atom. The number of rotatable bonds is 43. The quantitative estimate of drug-likeness (QED) is 0.0275. The Hall–Kier alpha value is -0.760. The van der Waals surface area contributed by atoms with Crippen molar-refractivity contribution in [2.75, 3.05) is 40.9 Å². The number of phosphoric ester groups is 1. The van der Waals surface area contributed by atoms with Gasteiger partial charge in [-0.15, -0.1) is 0 Å². The molecule has 9 heteroatoms. The third-order valence-corrected chi connectivity index (χ3v) is 11.7. The topological polar surface area (TPSA) is 108 Å². The summed E-state index contributed by atoms with van der Waals surface area (Å²) in [5.74, 6) is -0.195. The molecule has 0 aromatic rings. The van der Waals surface area contributed by atoms with E-state index in [2.05, 4.69) is 19.2 Å². The summed E-state index contributed by atoms with van der Waals surface area (Å²) >= 11 is 0. The lowest BCUT2D eigenvalue weighted by Crippen LogP contribution is -2.45. The highest BCUT2D eigenvalue weighted by atomic mass is 31.2. The predicted molar refractivity (Wildman–Crippen MR) is 233 cm³/mol. The number of phosphoric acid groups is 1. The summed E-state index contributed by atoms with van der Waals surface area (Å²) in [6.07, 6.45) is 44.0. The van der Waals surface area contributed by atoms with Gasteiger partial charge in [0.2, 0.25) is 5.91 Å². The van der Waals surface area contributed by atoms with Crippen LogP contribution in [0.5, 0.6) is 0 Å². The molecule has 3 atom stereocenters. The van der Waals surface area contributed by atoms with Crippen LogP contribution in [0.1, 0.15) is 226 Å². The van der Waals surface area contributed by atoms with Crippen molar-refractivity contribution in [1.82, 2.24) is 5.32 Å². The first-order valence-corrected chi connectivity index (χ1v) is 25.0. The van der Waals surface area contributed by atoms with Crippen molar-refractivity contribution in [3.8, 4) is 0 Å². The van der Waals surface area contributed by atoms with Gasteiger partial charge in [-0.05, 0) is 19.3 Å². The molecule has 3 unspecified atom stereocenters. The maximum Gasteiger partial charge on any atom is 0.268 e. The minimum atomic E-state index is -4.58. The molecule has 0 radical (unpaired) electrons. The standard InChI is InChI=1S/C46H93N2O6P/c1-6-8-10-12-14-16-18-20-21-22-23-24-25-26-28-29-31-33-35-37-39-45(49)44(43-54-55(51,52)53-42-41-48(3,4)5)47-46(50)40-38-36-34-32-30-27-19-17-15-13-11-9-7-2/h37,39,44-45,49H,6-36,38,40-43H2,1-5H3,(H-,47,50,51,52)/b39-37+. The maximum atomic E-state index is 12.8. The number of carbonyl (C=O) groups is 1. The summed E-state index contributed by atoms with van der Waals surface area (Å²) in [7, 11) is 1.27. The second-order valence-corrected chi connectivity index (χ2v) is 18.9. The number of aliphatic hydroxyl groups excluding tert-OH is 1. The summed E-state index contributed by atoms with van der Waals surface area (Å²) in [6.45, 7) is 4.66. The molecule has 0 spiro atoms. The van der Waals surface area contributed by atoms with E-state index >= 15 is 0 Å². The van der Waals surface area contributed by atoms with E-state index in [-0.39, 0.29) is 19.1 Å². The van der Waals surface area contributed by atoms with Crippen molar-refractivity contribution >= 4 is 13.7 Å². The van der Waals surface area contributed by atoms with Crippen molar-refractivity contribution in [3.05, 3.63) is 12.2 Å². The Morgan fingerprint density at radius 1 is 0.618 bits per heavy atom.